The minimum Gasteiger partial charge on any atom is -0.376 e. The second-order valence-electron chi connectivity index (χ2n) is 4.23. The number of benzene rings is 2. The predicted molar refractivity (Wildman–Crippen MR) is 79.0 cm³/mol. The van der Waals surface area contributed by atoms with E-state index in [4.69, 9.17) is 5.26 Å². The molecule has 0 fully saturated rings. The van der Waals surface area contributed by atoms with Crippen molar-refractivity contribution in [1.82, 2.24) is 5.32 Å². The highest BCUT2D eigenvalue weighted by atomic mass is 16.1. The zero-order valence-electron chi connectivity index (χ0n) is 11.0. The summed E-state index contributed by atoms with van der Waals surface area (Å²) >= 11 is 0. The summed E-state index contributed by atoms with van der Waals surface area (Å²) in [7, 11) is 0. The van der Waals surface area contributed by atoms with Gasteiger partial charge in [0.2, 0.25) is 5.91 Å². The van der Waals surface area contributed by atoms with Gasteiger partial charge in [0, 0.05) is 5.69 Å². The van der Waals surface area contributed by atoms with Crippen molar-refractivity contribution >= 4 is 11.6 Å². The Hall–Kier alpha value is -2.80. The number of rotatable bonds is 5. The molecule has 1 amide bonds. The Labute approximate surface area is 118 Å². The number of carbonyl (C=O) groups is 1. The average Bonchev–Trinajstić information content (AvgIpc) is 2.52. The molecule has 0 aromatic heterocycles. The largest absolute Gasteiger partial charge is 0.376 e. The van der Waals surface area contributed by atoms with Gasteiger partial charge in [-0.15, -0.1) is 0 Å². The first-order valence-corrected chi connectivity index (χ1v) is 6.32. The van der Waals surface area contributed by atoms with Crippen LogP contribution >= 0.6 is 0 Å². The number of anilines is 1. The molecule has 2 N–H and O–H groups in total. The van der Waals surface area contributed by atoms with Crippen LogP contribution in [0.5, 0.6) is 0 Å². The normalized spacial score (nSPS) is 9.55. The highest BCUT2D eigenvalue weighted by Crippen LogP contribution is 2.20. The van der Waals surface area contributed by atoms with Crippen LogP contribution in [0.4, 0.5) is 5.69 Å². The van der Waals surface area contributed by atoms with Crippen LogP contribution in [0.15, 0.2) is 54.6 Å². The first-order valence-electron chi connectivity index (χ1n) is 6.32. The van der Waals surface area contributed by atoms with E-state index in [0.717, 1.165) is 16.8 Å². The van der Waals surface area contributed by atoms with Crippen molar-refractivity contribution in [1.29, 1.82) is 5.26 Å². The Kier molecular flexibility index (Phi) is 4.74. The first-order chi connectivity index (χ1) is 9.79. The van der Waals surface area contributed by atoms with Gasteiger partial charge in [0.05, 0.1) is 12.6 Å². The Balaban J connectivity index is 1.92. The third-order valence-corrected chi connectivity index (χ3v) is 2.81. The second kappa shape index (κ2) is 6.95. The Morgan fingerprint density at radius 2 is 1.65 bits per heavy atom. The van der Waals surface area contributed by atoms with E-state index in [-0.39, 0.29) is 19.0 Å². The summed E-state index contributed by atoms with van der Waals surface area (Å²) in [5.41, 5.74) is 3.16. The molecule has 100 valence electrons. The first kappa shape index (κ1) is 13.6. The smallest absolute Gasteiger partial charge is 0.240 e. The molecule has 0 radical (unpaired) electrons. The molecule has 2 rings (SSSR count). The van der Waals surface area contributed by atoms with Gasteiger partial charge in [-0.2, -0.15) is 5.26 Å². The van der Waals surface area contributed by atoms with E-state index < -0.39 is 0 Å². The topological polar surface area (TPSA) is 64.9 Å². The highest BCUT2D eigenvalue weighted by molar-refractivity contribution is 5.81. The fraction of sp³-hybridized carbons (Fsp3) is 0.125. The van der Waals surface area contributed by atoms with Crippen LogP contribution in [-0.2, 0) is 4.79 Å². The lowest BCUT2D eigenvalue weighted by Crippen LogP contribution is -2.29. The van der Waals surface area contributed by atoms with E-state index in [1.807, 2.05) is 48.5 Å². The van der Waals surface area contributed by atoms with Crippen molar-refractivity contribution < 1.29 is 4.79 Å². The second-order valence-corrected chi connectivity index (χ2v) is 4.23. The molecule has 0 heterocycles. The van der Waals surface area contributed by atoms with Gasteiger partial charge < -0.3 is 10.6 Å². The Bertz CT molecular complexity index is 600. The van der Waals surface area contributed by atoms with Crippen LogP contribution in [0.1, 0.15) is 0 Å². The number of nitrogens with zero attached hydrogens (tertiary/aromatic N) is 1. The highest BCUT2D eigenvalue weighted by Gasteiger charge is 2.00. The SMILES string of the molecule is N#CCNC(=O)CNc1ccc(-c2ccccc2)cc1. The molecular weight excluding hydrogens is 250 g/mol. The van der Waals surface area contributed by atoms with Crippen molar-refractivity contribution in [3.05, 3.63) is 54.6 Å². The molecule has 0 unspecified atom stereocenters. The molecule has 0 aliphatic carbocycles. The lowest BCUT2D eigenvalue weighted by molar-refractivity contribution is -0.119. The molecule has 4 heteroatoms. The maximum Gasteiger partial charge on any atom is 0.240 e. The van der Waals surface area contributed by atoms with Gasteiger partial charge >= 0.3 is 0 Å². The molecule has 4 nitrogen and oxygen atoms in total. The minimum atomic E-state index is -0.196. The molecule has 0 saturated carbocycles. The molecule has 0 saturated heterocycles. The molecule has 0 aliphatic heterocycles. The molecule has 0 spiro atoms. The van der Waals surface area contributed by atoms with Crippen molar-refractivity contribution in [2.75, 3.05) is 18.4 Å². The zero-order chi connectivity index (χ0) is 14.2. The summed E-state index contributed by atoms with van der Waals surface area (Å²) in [5, 5.41) is 13.8. The van der Waals surface area contributed by atoms with Gasteiger partial charge in [0.1, 0.15) is 6.54 Å². The van der Waals surface area contributed by atoms with Crippen molar-refractivity contribution in [3.8, 4) is 17.2 Å². The van der Waals surface area contributed by atoms with E-state index >= 15 is 0 Å². The molecule has 0 atom stereocenters. The fourth-order valence-corrected chi connectivity index (χ4v) is 1.79. The standard InChI is InChI=1S/C16H15N3O/c17-10-11-18-16(20)12-19-15-8-6-14(7-9-15)13-4-2-1-3-5-13/h1-9,19H,11-12H2,(H,18,20). The number of amides is 1. The quantitative estimate of drug-likeness (QED) is 0.816. The molecule has 2 aromatic carbocycles. The van der Waals surface area contributed by atoms with Crippen molar-refractivity contribution in [3.63, 3.8) is 0 Å². The number of carbonyl (C=O) groups excluding carboxylic acids is 1. The summed E-state index contributed by atoms with van der Waals surface area (Å²) in [6.45, 7) is 0.194. The van der Waals surface area contributed by atoms with Crippen molar-refractivity contribution in [2.24, 2.45) is 0 Å². The molecule has 2 aromatic rings. The van der Waals surface area contributed by atoms with Crippen LogP contribution in [0.2, 0.25) is 0 Å². The van der Waals surface area contributed by atoms with E-state index in [1.165, 1.54) is 0 Å². The minimum absolute atomic E-state index is 0.0352. The zero-order valence-corrected chi connectivity index (χ0v) is 11.0. The number of nitrogens with one attached hydrogen (secondary N) is 2. The van der Waals surface area contributed by atoms with Crippen molar-refractivity contribution in [2.45, 2.75) is 0 Å². The number of nitriles is 1. The average molecular weight is 265 g/mol. The Morgan fingerprint density at radius 3 is 2.30 bits per heavy atom. The summed E-state index contributed by atoms with van der Waals surface area (Å²) in [6, 6.07) is 19.8. The summed E-state index contributed by atoms with van der Waals surface area (Å²) in [6.07, 6.45) is 0. The summed E-state index contributed by atoms with van der Waals surface area (Å²) in [5.74, 6) is -0.196. The van der Waals surface area contributed by atoms with Gasteiger partial charge in [-0.1, -0.05) is 42.5 Å². The summed E-state index contributed by atoms with van der Waals surface area (Å²) in [4.78, 5) is 11.3. The predicted octanol–water partition coefficient (Wildman–Crippen LogP) is 2.41. The fourth-order valence-electron chi connectivity index (χ4n) is 1.79. The van der Waals surface area contributed by atoms with E-state index in [2.05, 4.69) is 22.8 Å². The maximum absolute atomic E-state index is 11.3. The lowest BCUT2D eigenvalue weighted by atomic mass is 10.1. The van der Waals surface area contributed by atoms with Gasteiger partial charge in [-0.25, -0.2) is 0 Å². The molecular formula is C16H15N3O. The van der Waals surface area contributed by atoms with Crippen LogP contribution in [0.25, 0.3) is 11.1 Å². The van der Waals surface area contributed by atoms with Gasteiger partial charge in [-0.05, 0) is 23.3 Å². The molecule has 0 bridgehead atoms. The van der Waals surface area contributed by atoms with Gasteiger partial charge in [-0.3, -0.25) is 4.79 Å². The summed E-state index contributed by atoms with van der Waals surface area (Å²) < 4.78 is 0. The van der Waals surface area contributed by atoms with Gasteiger partial charge in [0.25, 0.3) is 0 Å². The van der Waals surface area contributed by atoms with Crippen LogP contribution in [-0.4, -0.2) is 19.0 Å². The van der Waals surface area contributed by atoms with Crippen LogP contribution in [0.3, 0.4) is 0 Å². The number of hydrogen-bond acceptors (Lipinski definition) is 3. The lowest BCUT2D eigenvalue weighted by Gasteiger charge is -2.07. The van der Waals surface area contributed by atoms with Gasteiger partial charge in [0.15, 0.2) is 0 Å². The van der Waals surface area contributed by atoms with E-state index in [9.17, 15) is 4.79 Å². The molecule has 0 aliphatic rings. The monoisotopic (exact) mass is 265 g/mol. The Morgan fingerprint density at radius 1 is 1.00 bits per heavy atom. The maximum atomic E-state index is 11.3. The third-order valence-electron chi connectivity index (χ3n) is 2.81. The third kappa shape index (κ3) is 3.85. The van der Waals surface area contributed by atoms with E-state index in [1.54, 1.807) is 0 Å². The van der Waals surface area contributed by atoms with E-state index in [0.29, 0.717) is 0 Å². The molecule has 20 heavy (non-hydrogen) atoms. The number of hydrogen-bond donors (Lipinski definition) is 2. The van der Waals surface area contributed by atoms with Crippen LogP contribution in [0, 0.1) is 11.3 Å². The van der Waals surface area contributed by atoms with Crippen LogP contribution < -0.4 is 10.6 Å².